The third kappa shape index (κ3) is 3.69. The van der Waals surface area contributed by atoms with E-state index in [4.69, 9.17) is 4.74 Å². The molecule has 1 unspecified atom stereocenters. The predicted molar refractivity (Wildman–Crippen MR) is 79.4 cm³/mol. The van der Waals surface area contributed by atoms with Crippen molar-refractivity contribution < 1.29 is 4.74 Å². The summed E-state index contributed by atoms with van der Waals surface area (Å²) < 4.78 is 5.52. The second-order valence-electron chi connectivity index (χ2n) is 5.91. The zero-order valence-corrected chi connectivity index (χ0v) is 12.5. The average molecular weight is 283 g/mol. The molecule has 0 amide bonds. The fourth-order valence-electron chi connectivity index (χ4n) is 3.46. The van der Waals surface area contributed by atoms with Gasteiger partial charge in [0.05, 0.1) is 19.4 Å². The molecule has 0 aromatic rings. The Morgan fingerprint density at radius 1 is 0.800 bits per heavy atom. The van der Waals surface area contributed by atoms with Crippen LogP contribution in [0.15, 0.2) is 0 Å². The SMILES string of the molecule is C1CNCCN(N2CCCNCC2N2CCOCC2)C1. The van der Waals surface area contributed by atoms with Crippen LogP contribution in [0.25, 0.3) is 0 Å². The Bertz CT molecular complexity index is 277. The highest BCUT2D eigenvalue weighted by atomic mass is 16.5. The number of rotatable bonds is 2. The lowest BCUT2D eigenvalue weighted by Gasteiger charge is -2.45. The Morgan fingerprint density at radius 3 is 2.50 bits per heavy atom. The Labute approximate surface area is 122 Å². The molecule has 3 saturated heterocycles. The van der Waals surface area contributed by atoms with Crippen molar-refractivity contribution in [2.24, 2.45) is 0 Å². The van der Waals surface area contributed by atoms with E-state index >= 15 is 0 Å². The maximum atomic E-state index is 5.52. The summed E-state index contributed by atoms with van der Waals surface area (Å²) in [6, 6.07) is 0. The summed E-state index contributed by atoms with van der Waals surface area (Å²) in [6.45, 7) is 11.9. The van der Waals surface area contributed by atoms with Crippen LogP contribution in [0.4, 0.5) is 0 Å². The summed E-state index contributed by atoms with van der Waals surface area (Å²) in [5.74, 6) is 0. The summed E-state index contributed by atoms with van der Waals surface area (Å²) >= 11 is 0. The molecule has 3 aliphatic rings. The molecule has 20 heavy (non-hydrogen) atoms. The molecule has 0 spiro atoms. The largest absolute Gasteiger partial charge is 0.379 e. The Hall–Kier alpha value is -0.240. The minimum Gasteiger partial charge on any atom is -0.379 e. The van der Waals surface area contributed by atoms with Crippen LogP contribution < -0.4 is 10.6 Å². The smallest absolute Gasteiger partial charge is 0.0887 e. The number of nitrogens with zero attached hydrogens (tertiary/aromatic N) is 3. The van der Waals surface area contributed by atoms with E-state index < -0.39 is 0 Å². The first-order chi connectivity index (χ1) is 9.95. The summed E-state index contributed by atoms with van der Waals surface area (Å²) in [5.41, 5.74) is 0. The van der Waals surface area contributed by atoms with Crippen molar-refractivity contribution in [2.75, 3.05) is 72.1 Å². The van der Waals surface area contributed by atoms with Crippen LogP contribution in [0.1, 0.15) is 12.8 Å². The monoisotopic (exact) mass is 283 g/mol. The zero-order chi connectivity index (χ0) is 13.6. The van der Waals surface area contributed by atoms with Gasteiger partial charge in [0.2, 0.25) is 0 Å². The molecule has 1 atom stereocenters. The first kappa shape index (κ1) is 14.7. The van der Waals surface area contributed by atoms with Crippen LogP contribution in [-0.4, -0.2) is 93.2 Å². The van der Waals surface area contributed by atoms with Crippen molar-refractivity contribution >= 4 is 0 Å². The van der Waals surface area contributed by atoms with Crippen LogP contribution in [0.5, 0.6) is 0 Å². The number of hydrazine groups is 1. The molecule has 0 aliphatic carbocycles. The second-order valence-corrected chi connectivity index (χ2v) is 5.91. The van der Waals surface area contributed by atoms with E-state index in [1.54, 1.807) is 0 Å². The minimum atomic E-state index is 0.500. The van der Waals surface area contributed by atoms with Gasteiger partial charge in [0.1, 0.15) is 0 Å². The molecule has 0 aromatic carbocycles. The van der Waals surface area contributed by atoms with Crippen molar-refractivity contribution in [2.45, 2.75) is 19.0 Å². The summed E-state index contributed by atoms with van der Waals surface area (Å²) in [7, 11) is 0. The number of ether oxygens (including phenoxy) is 1. The van der Waals surface area contributed by atoms with Crippen molar-refractivity contribution in [1.82, 2.24) is 25.6 Å². The Balaban J connectivity index is 1.68. The molecular weight excluding hydrogens is 254 g/mol. The summed E-state index contributed by atoms with van der Waals surface area (Å²) in [6.07, 6.45) is 2.99. The van der Waals surface area contributed by atoms with Gasteiger partial charge in [0.25, 0.3) is 0 Å². The number of hydrogen-bond acceptors (Lipinski definition) is 6. The van der Waals surface area contributed by atoms with Gasteiger partial charge in [-0.05, 0) is 25.9 Å². The van der Waals surface area contributed by atoms with E-state index in [0.29, 0.717) is 6.17 Å². The Morgan fingerprint density at radius 2 is 1.60 bits per heavy atom. The number of morpholine rings is 1. The van der Waals surface area contributed by atoms with Crippen molar-refractivity contribution in [1.29, 1.82) is 0 Å². The molecule has 3 rings (SSSR count). The van der Waals surface area contributed by atoms with Gasteiger partial charge in [0.15, 0.2) is 0 Å². The van der Waals surface area contributed by atoms with Gasteiger partial charge >= 0.3 is 0 Å². The van der Waals surface area contributed by atoms with E-state index in [9.17, 15) is 0 Å². The molecule has 6 heteroatoms. The maximum Gasteiger partial charge on any atom is 0.0887 e. The molecule has 0 bridgehead atoms. The molecule has 3 fully saturated rings. The third-order valence-corrected chi connectivity index (χ3v) is 4.56. The molecule has 0 saturated carbocycles. The van der Waals surface area contributed by atoms with Crippen molar-refractivity contribution in [3.8, 4) is 0 Å². The standard InChI is InChI=1S/C14H29N5O/c1-3-15-5-8-18(6-1)19-7-2-4-16-13-14(19)17-9-11-20-12-10-17/h14-16H,1-13H2. The van der Waals surface area contributed by atoms with Gasteiger partial charge in [-0.2, -0.15) is 0 Å². The fraction of sp³-hybridized carbons (Fsp3) is 1.00. The van der Waals surface area contributed by atoms with Crippen LogP contribution in [0, 0.1) is 0 Å². The maximum absolute atomic E-state index is 5.52. The van der Waals surface area contributed by atoms with E-state index in [1.807, 2.05) is 0 Å². The molecule has 0 radical (unpaired) electrons. The van der Waals surface area contributed by atoms with E-state index in [0.717, 1.165) is 59.0 Å². The number of hydrogen-bond donors (Lipinski definition) is 2. The van der Waals surface area contributed by atoms with Gasteiger partial charge in [-0.1, -0.05) is 0 Å². The van der Waals surface area contributed by atoms with Gasteiger partial charge < -0.3 is 15.4 Å². The lowest BCUT2D eigenvalue weighted by Crippen LogP contribution is -2.60. The van der Waals surface area contributed by atoms with Crippen molar-refractivity contribution in [3.63, 3.8) is 0 Å². The summed E-state index contributed by atoms with van der Waals surface area (Å²) in [5, 5.41) is 12.3. The normalized spacial score (nSPS) is 32.7. The fourth-order valence-corrected chi connectivity index (χ4v) is 3.46. The molecular formula is C14H29N5O. The van der Waals surface area contributed by atoms with Crippen LogP contribution in [0.2, 0.25) is 0 Å². The summed E-state index contributed by atoms with van der Waals surface area (Å²) in [4.78, 5) is 2.60. The van der Waals surface area contributed by atoms with Gasteiger partial charge in [0, 0.05) is 45.8 Å². The zero-order valence-electron chi connectivity index (χ0n) is 12.5. The lowest BCUT2D eigenvalue weighted by atomic mass is 10.3. The van der Waals surface area contributed by atoms with Crippen LogP contribution >= 0.6 is 0 Å². The van der Waals surface area contributed by atoms with Gasteiger partial charge in [-0.15, -0.1) is 0 Å². The highest BCUT2D eigenvalue weighted by Gasteiger charge is 2.31. The van der Waals surface area contributed by atoms with E-state index in [1.165, 1.54) is 25.9 Å². The molecule has 116 valence electrons. The minimum absolute atomic E-state index is 0.500. The van der Waals surface area contributed by atoms with Crippen LogP contribution in [-0.2, 0) is 4.74 Å². The molecule has 6 nitrogen and oxygen atoms in total. The average Bonchev–Trinajstić information content (AvgIpc) is 2.90. The Kier molecular flexibility index (Phi) is 5.64. The first-order valence-corrected chi connectivity index (χ1v) is 8.20. The molecule has 0 aromatic heterocycles. The first-order valence-electron chi connectivity index (χ1n) is 8.20. The quantitative estimate of drug-likeness (QED) is 0.688. The second kappa shape index (κ2) is 7.68. The lowest BCUT2D eigenvalue weighted by molar-refractivity contribution is -0.123. The van der Waals surface area contributed by atoms with Crippen LogP contribution in [0.3, 0.4) is 0 Å². The molecule has 2 N–H and O–H groups in total. The molecule has 3 heterocycles. The third-order valence-electron chi connectivity index (χ3n) is 4.56. The molecule has 3 aliphatic heterocycles. The number of nitrogens with one attached hydrogen (secondary N) is 2. The highest BCUT2D eigenvalue weighted by Crippen LogP contribution is 2.15. The topological polar surface area (TPSA) is 43.0 Å². The van der Waals surface area contributed by atoms with Crippen molar-refractivity contribution in [3.05, 3.63) is 0 Å². The van der Waals surface area contributed by atoms with Gasteiger partial charge in [-0.3, -0.25) is 4.90 Å². The predicted octanol–water partition coefficient (Wildman–Crippen LogP) is -0.850. The van der Waals surface area contributed by atoms with Gasteiger partial charge in [-0.25, -0.2) is 10.0 Å². The van der Waals surface area contributed by atoms with E-state index in [-0.39, 0.29) is 0 Å². The highest BCUT2D eigenvalue weighted by molar-refractivity contribution is 4.80. The van der Waals surface area contributed by atoms with E-state index in [2.05, 4.69) is 25.6 Å².